The van der Waals surface area contributed by atoms with Crippen LogP contribution in [0.3, 0.4) is 0 Å². The smallest absolute Gasteiger partial charge is 0.192 e. The molecule has 0 N–H and O–H groups in total. The van der Waals surface area contributed by atoms with Gasteiger partial charge in [-0.15, -0.1) is 0 Å². The van der Waals surface area contributed by atoms with Gasteiger partial charge in [0, 0.05) is 6.92 Å². The molecular formula is C14H25NO. The van der Waals surface area contributed by atoms with Crippen molar-refractivity contribution in [3.63, 3.8) is 0 Å². The van der Waals surface area contributed by atoms with Gasteiger partial charge >= 0.3 is 0 Å². The lowest BCUT2D eigenvalue weighted by Gasteiger charge is -1.79. The largest absolute Gasteiger partial charge is 0.441 e. The van der Waals surface area contributed by atoms with Crippen LogP contribution in [-0.4, -0.2) is 4.98 Å². The molecule has 0 unspecified atom stereocenters. The molecule has 0 aliphatic rings. The van der Waals surface area contributed by atoms with Crippen LogP contribution in [0.5, 0.6) is 0 Å². The third kappa shape index (κ3) is 5.54. The molecule has 1 aromatic carbocycles. The molecule has 1 heterocycles. The molecule has 2 rings (SSSR count). The first-order valence-electron chi connectivity index (χ1n) is 6.18. The summed E-state index contributed by atoms with van der Waals surface area (Å²) in [5, 5.41) is 0. The number of para-hydroxylation sites is 2. The molecule has 0 bridgehead atoms. The number of aromatic nitrogens is 1. The van der Waals surface area contributed by atoms with E-state index in [1.54, 1.807) is 0 Å². The van der Waals surface area contributed by atoms with Crippen LogP contribution in [-0.2, 0) is 0 Å². The Balaban J connectivity index is 0. The van der Waals surface area contributed by atoms with Gasteiger partial charge < -0.3 is 4.42 Å². The van der Waals surface area contributed by atoms with Gasteiger partial charge in [0.15, 0.2) is 11.5 Å². The maximum atomic E-state index is 5.26. The molecule has 2 heteroatoms. The molecule has 0 fully saturated rings. The minimum atomic E-state index is 0.723. The van der Waals surface area contributed by atoms with Gasteiger partial charge in [-0.05, 0) is 12.1 Å². The van der Waals surface area contributed by atoms with Gasteiger partial charge in [0.2, 0.25) is 0 Å². The summed E-state index contributed by atoms with van der Waals surface area (Å²) in [5.74, 6) is 0.723. The third-order valence-electron chi connectivity index (χ3n) is 1.40. The average molecular weight is 223 g/mol. The standard InChI is InChI=1S/C8H7NO.3C2H6/c1-6-9-7-4-2-3-5-8(7)10-6;3*1-2/h2-5H,1H3;3*1-2H3. The van der Waals surface area contributed by atoms with Gasteiger partial charge in [-0.25, -0.2) is 4.98 Å². The normalized spacial score (nSPS) is 7.69. The molecular weight excluding hydrogens is 198 g/mol. The Hall–Kier alpha value is -1.31. The molecule has 0 radical (unpaired) electrons. The van der Waals surface area contributed by atoms with Crippen LogP contribution in [0.2, 0.25) is 0 Å². The van der Waals surface area contributed by atoms with Crippen molar-refractivity contribution in [2.45, 2.75) is 48.5 Å². The summed E-state index contributed by atoms with van der Waals surface area (Å²) in [5.41, 5.74) is 1.79. The molecule has 2 nitrogen and oxygen atoms in total. The first-order chi connectivity index (χ1) is 7.86. The molecule has 2 aromatic rings. The zero-order chi connectivity index (χ0) is 13.0. The number of hydrogen-bond donors (Lipinski definition) is 0. The Morgan fingerprint density at radius 3 is 1.88 bits per heavy atom. The van der Waals surface area contributed by atoms with Crippen LogP contribution in [0.15, 0.2) is 28.7 Å². The van der Waals surface area contributed by atoms with E-state index in [2.05, 4.69) is 4.98 Å². The highest BCUT2D eigenvalue weighted by Gasteiger charge is 1.97. The van der Waals surface area contributed by atoms with Crippen molar-refractivity contribution in [2.24, 2.45) is 0 Å². The Kier molecular flexibility index (Phi) is 12.6. The molecule has 0 aliphatic carbocycles. The molecule has 1 aromatic heterocycles. The van der Waals surface area contributed by atoms with E-state index in [0.29, 0.717) is 0 Å². The third-order valence-corrected chi connectivity index (χ3v) is 1.40. The minimum Gasteiger partial charge on any atom is -0.441 e. The number of benzene rings is 1. The summed E-state index contributed by atoms with van der Waals surface area (Å²) in [4.78, 5) is 4.15. The van der Waals surface area contributed by atoms with E-state index >= 15 is 0 Å². The van der Waals surface area contributed by atoms with Crippen LogP contribution >= 0.6 is 0 Å². The topological polar surface area (TPSA) is 26.0 Å². The first kappa shape index (κ1) is 17.1. The molecule has 0 amide bonds. The molecule has 16 heavy (non-hydrogen) atoms. The Bertz CT molecular complexity index is 319. The summed E-state index contributed by atoms with van der Waals surface area (Å²) in [6, 6.07) is 7.73. The lowest BCUT2D eigenvalue weighted by molar-refractivity contribution is 0.561. The minimum absolute atomic E-state index is 0.723. The van der Waals surface area contributed by atoms with Gasteiger partial charge in [0.25, 0.3) is 0 Å². The lowest BCUT2D eigenvalue weighted by atomic mass is 10.3. The van der Waals surface area contributed by atoms with Gasteiger partial charge in [-0.3, -0.25) is 0 Å². The molecule has 0 saturated heterocycles. The fourth-order valence-electron chi connectivity index (χ4n) is 0.987. The highest BCUT2D eigenvalue weighted by atomic mass is 16.3. The van der Waals surface area contributed by atoms with Crippen molar-refractivity contribution in [3.8, 4) is 0 Å². The monoisotopic (exact) mass is 223 g/mol. The van der Waals surface area contributed by atoms with Gasteiger partial charge in [-0.2, -0.15) is 0 Å². The molecule has 92 valence electrons. The zero-order valence-electron chi connectivity index (χ0n) is 11.7. The molecule has 0 aliphatic heterocycles. The van der Waals surface area contributed by atoms with E-state index in [-0.39, 0.29) is 0 Å². The first-order valence-corrected chi connectivity index (χ1v) is 6.18. The summed E-state index contributed by atoms with van der Waals surface area (Å²) in [7, 11) is 0. The fourth-order valence-corrected chi connectivity index (χ4v) is 0.987. The second kappa shape index (κ2) is 11.8. The van der Waals surface area contributed by atoms with Crippen molar-refractivity contribution in [1.82, 2.24) is 4.98 Å². The van der Waals surface area contributed by atoms with Crippen molar-refractivity contribution >= 4 is 11.1 Å². The second-order valence-corrected chi connectivity index (χ2v) is 2.20. The van der Waals surface area contributed by atoms with Crippen molar-refractivity contribution in [3.05, 3.63) is 30.2 Å². The maximum Gasteiger partial charge on any atom is 0.192 e. The quantitative estimate of drug-likeness (QED) is 0.612. The summed E-state index contributed by atoms with van der Waals surface area (Å²) in [6.07, 6.45) is 0. The van der Waals surface area contributed by atoms with Crippen LogP contribution < -0.4 is 0 Å². The summed E-state index contributed by atoms with van der Waals surface area (Å²) in [6.45, 7) is 13.8. The highest BCUT2D eigenvalue weighted by molar-refractivity contribution is 5.71. The number of hydrogen-bond acceptors (Lipinski definition) is 2. The second-order valence-electron chi connectivity index (χ2n) is 2.20. The van der Waals surface area contributed by atoms with Crippen molar-refractivity contribution in [1.29, 1.82) is 0 Å². The SMILES string of the molecule is CC.CC.CC.Cc1nc2ccccc2o1. The number of nitrogens with zero attached hydrogens (tertiary/aromatic N) is 1. The molecule has 0 atom stereocenters. The maximum absolute atomic E-state index is 5.26. The predicted octanol–water partition coefficient (Wildman–Crippen LogP) is 5.21. The average Bonchev–Trinajstić information content (AvgIpc) is 2.76. The number of fused-ring (bicyclic) bond motifs is 1. The lowest BCUT2D eigenvalue weighted by Crippen LogP contribution is -1.65. The van der Waals surface area contributed by atoms with E-state index in [1.807, 2.05) is 72.7 Å². The van der Waals surface area contributed by atoms with E-state index in [0.717, 1.165) is 17.0 Å². The Morgan fingerprint density at radius 1 is 0.875 bits per heavy atom. The van der Waals surface area contributed by atoms with Crippen molar-refractivity contribution < 1.29 is 4.42 Å². The Labute approximate surface area is 99.7 Å². The predicted molar refractivity (Wildman–Crippen MR) is 72.8 cm³/mol. The van der Waals surface area contributed by atoms with Crippen LogP contribution in [0, 0.1) is 6.92 Å². The fraction of sp³-hybridized carbons (Fsp3) is 0.500. The molecule has 0 saturated carbocycles. The van der Waals surface area contributed by atoms with Crippen molar-refractivity contribution in [2.75, 3.05) is 0 Å². The number of rotatable bonds is 0. The van der Waals surface area contributed by atoms with Crippen LogP contribution in [0.1, 0.15) is 47.4 Å². The van der Waals surface area contributed by atoms with Crippen LogP contribution in [0.4, 0.5) is 0 Å². The summed E-state index contributed by atoms with van der Waals surface area (Å²) < 4.78 is 5.26. The van der Waals surface area contributed by atoms with Gasteiger partial charge in [0.1, 0.15) is 5.52 Å². The molecule has 0 spiro atoms. The van der Waals surface area contributed by atoms with E-state index < -0.39 is 0 Å². The Morgan fingerprint density at radius 2 is 1.38 bits per heavy atom. The van der Waals surface area contributed by atoms with Crippen LogP contribution in [0.25, 0.3) is 11.1 Å². The summed E-state index contributed by atoms with van der Waals surface area (Å²) >= 11 is 0. The van der Waals surface area contributed by atoms with E-state index in [4.69, 9.17) is 4.42 Å². The number of oxazole rings is 1. The van der Waals surface area contributed by atoms with Gasteiger partial charge in [-0.1, -0.05) is 53.7 Å². The highest BCUT2D eigenvalue weighted by Crippen LogP contribution is 2.12. The zero-order valence-corrected chi connectivity index (χ0v) is 11.7. The van der Waals surface area contributed by atoms with E-state index in [9.17, 15) is 0 Å². The van der Waals surface area contributed by atoms with Gasteiger partial charge in [0.05, 0.1) is 0 Å². The number of aryl methyl sites for hydroxylation is 1. The van der Waals surface area contributed by atoms with E-state index in [1.165, 1.54) is 0 Å².